The molecule has 1 aliphatic rings. The molecule has 3 heteroatoms. The maximum atomic E-state index is 12.6. The summed E-state index contributed by atoms with van der Waals surface area (Å²) < 4.78 is 0. The lowest BCUT2D eigenvalue weighted by molar-refractivity contribution is -0.123. The lowest BCUT2D eigenvalue weighted by Gasteiger charge is -2.36. The van der Waals surface area contributed by atoms with Crippen LogP contribution in [0.15, 0.2) is 24.3 Å². The average Bonchev–Trinajstić information content (AvgIpc) is 2.47. The van der Waals surface area contributed by atoms with Crippen LogP contribution in [0.2, 0.25) is 0 Å². The Morgan fingerprint density at radius 2 is 1.90 bits per heavy atom. The Labute approximate surface area is 127 Å². The van der Waals surface area contributed by atoms with Crippen LogP contribution < -0.4 is 5.32 Å². The third-order valence-electron chi connectivity index (χ3n) is 4.67. The molecule has 0 saturated heterocycles. The van der Waals surface area contributed by atoms with Gasteiger partial charge in [0.1, 0.15) is 6.29 Å². The van der Waals surface area contributed by atoms with Gasteiger partial charge in [-0.25, -0.2) is 0 Å². The van der Waals surface area contributed by atoms with Crippen LogP contribution in [0, 0.1) is 23.7 Å². The van der Waals surface area contributed by atoms with Gasteiger partial charge in [-0.1, -0.05) is 27.2 Å². The Kier molecular flexibility index (Phi) is 5.16. The van der Waals surface area contributed by atoms with Crippen molar-refractivity contribution in [1.29, 1.82) is 0 Å². The second-order valence-electron chi connectivity index (χ2n) is 6.66. The summed E-state index contributed by atoms with van der Waals surface area (Å²) in [6, 6.07) is 7.04. The van der Waals surface area contributed by atoms with Crippen LogP contribution >= 0.6 is 0 Å². The van der Waals surface area contributed by atoms with Gasteiger partial charge in [0.25, 0.3) is 0 Å². The summed E-state index contributed by atoms with van der Waals surface area (Å²) in [5, 5.41) is 3.01. The van der Waals surface area contributed by atoms with Gasteiger partial charge >= 0.3 is 0 Å². The van der Waals surface area contributed by atoms with E-state index in [9.17, 15) is 9.59 Å². The number of nitrogens with one attached hydrogen (secondary N) is 1. The summed E-state index contributed by atoms with van der Waals surface area (Å²) >= 11 is 0. The topological polar surface area (TPSA) is 46.2 Å². The van der Waals surface area contributed by atoms with E-state index >= 15 is 0 Å². The Hall–Kier alpha value is -1.64. The van der Waals surface area contributed by atoms with Gasteiger partial charge in [-0.2, -0.15) is 0 Å². The predicted molar refractivity (Wildman–Crippen MR) is 85.3 cm³/mol. The van der Waals surface area contributed by atoms with Gasteiger partial charge in [-0.05, 0) is 54.9 Å². The standard InChI is InChI=1S/C18H25NO2/c1-12(2)16-9-4-13(3)10-17(16)18(21)19-15-7-5-14(11-20)6-8-15/h5-8,11-13,16-17H,4,9-10H2,1-3H3,(H,19,21)/t13-,16+,17-/m1/s1. The lowest BCUT2D eigenvalue weighted by Crippen LogP contribution is -2.36. The van der Waals surface area contributed by atoms with Crippen molar-refractivity contribution in [3.63, 3.8) is 0 Å². The molecule has 1 N–H and O–H groups in total. The van der Waals surface area contributed by atoms with Gasteiger partial charge in [0.05, 0.1) is 0 Å². The number of carbonyl (C=O) groups is 2. The Morgan fingerprint density at radius 3 is 2.48 bits per heavy atom. The van der Waals surface area contributed by atoms with Crippen molar-refractivity contribution in [3.05, 3.63) is 29.8 Å². The van der Waals surface area contributed by atoms with Crippen LogP contribution in [0.25, 0.3) is 0 Å². The van der Waals surface area contributed by atoms with Crippen LogP contribution in [0.4, 0.5) is 5.69 Å². The molecule has 0 radical (unpaired) electrons. The van der Waals surface area contributed by atoms with Crippen molar-refractivity contribution in [2.45, 2.75) is 40.0 Å². The van der Waals surface area contributed by atoms with Gasteiger partial charge in [0.2, 0.25) is 5.91 Å². The highest BCUT2D eigenvalue weighted by Gasteiger charge is 2.35. The van der Waals surface area contributed by atoms with E-state index in [1.54, 1.807) is 24.3 Å². The fourth-order valence-corrected chi connectivity index (χ4v) is 3.38. The molecule has 1 aromatic rings. The number of carbonyl (C=O) groups excluding carboxylic acids is 2. The smallest absolute Gasteiger partial charge is 0.227 e. The number of benzene rings is 1. The zero-order valence-corrected chi connectivity index (χ0v) is 13.1. The highest BCUT2D eigenvalue weighted by Crippen LogP contribution is 2.38. The molecule has 3 nitrogen and oxygen atoms in total. The van der Waals surface area contributed by atoms with Crippen LogP contribution in [-0.4, -0.2) is 12.2 Å². The minimum absolute atomic E-state index is 0.0968. The predicted octanol–water partition coefficient (Wildman–Crippen LogP) is 4.15. The van der Waals surface area contributed by atoms with Crippen molar-refractivity contribution in [2.24, 2.45) is 23.7 Å². The SMILES string of the molecule is CC(C)[C@@H]1CC[C@@H](C)C[C@H]1C(=O)Nc1ccc(C=O)cc1. The zero-order valence-electron chi connectivity index (χ0n) is 13.1. The number of aldehydes is 1. The highest BCUT2D eigenvalue weighted by atomic mass is 16.1. The first kappa shape index (κ1) is 15.7. The van der Waals surface area contributed by atoms with Crippen LogP contribution in [0.1, 0.15) is 50.4 Å². The fraction of sp³-hybridized carbons (Fsp3) is 0.556. The quantitative estimate of drug-likeness (QED) is 0.846. The lowest BCUT2D eigenvalue weighted by atomic mass is 9.70. The Bertz CT molecular complexity index is 492. The third-order valence-corrected chi connectivity index (χ3v) is 4.67. The molecule has 1 aromatic carbocycles. The van der Waals surface area contributed by atoms with Crippen molar-refractivity contribution < 1.29 is 9.59 Å². The van der Waals surface area contributed by atoms with E-state index in [1.807, 2.05) is 0 Å². The molecular formula is C18H25NO2. The van der Waals surface area contributed by atoms with Crippen molar-refractivity contribution in [2.75, 3.05) is 5.32 Å². The molecule has 114 valence electrons. The molecule has 2 rings (SSSR count). The highest BCUT2D eigenvalue weighted by molar-refractivity contribution is 5.93. The van der Waals surface area contributed by atoms with E-state index in [4.69, 9.17) is 0 Å². The number of amides is 1. The zero-order chi connectivity index (χ0) is 15.4. The summed E-state index contributed by atoms with van der Waals surface area (Å²) in [7, 11) is 0. The molecule has 0 spiro atoms. The average molecular weight is 287 g/mol. The molecular weight excluding hydrogens is 262 g/mol. The molecule has 1 aliphatic carbocycles. The molecule has 21 heavy (non-hydrogen) atoms. The largest absolute Gasteiger partial charge is 0.326 e. The van der Waals surface area contributed by atoms with Crippen LogP contribution in [0.5, 0.6) is 0 Å². The van der Waals surface area contributed by atoms with E-state index in [-0.39, 0.29) is 11.8 Å². The van der Waals surface area contributed by atoms with Gasteiger partial charge in [-0.15, -0.1) is 0 Å². The molecule has 0 unspecified atom stereocenters. The van der Waals surface area contributed by atoms with E-state index < -0.39 is 0 Å². The maximum absolute atomic E-state index is 12.6. The molecule has 0 aromatic heterocycles. The number of hydrogen-bond donors (Lipinski definition) is 1. The monoisotopic (exact) mass is 287 g/mol. The van der Waals surface area contributed by atoms with Gasteiger partial charge in [0.15, 0.2) is 0 Å². The second kappa shape index (κ2) is 6.88. The normalized spacial score (nSPS) is 25.6. The Morgan fingerprint density at radius 1 is 1.24 bits per heavy atom. The van der Waals surface area contributed by atoms with E-state index in [1.165, 1.54) is 6.42 Å². The van der Waals surface area contributed by atoms with E-state index in [2.05, 4.69) is 26.1 Å². The summed E-state index contributed by atoms with van der Waals surface area (Å²) in [5.74, 6) is 1.84. The molecule has 3 atom stereocenters. The third kappa shape index (κ3) is 3.93. The summed E-state index contributed by atoms with van der Waals surface area (Å²) in [6.07, 6.45) is 4.14. The van der Waals surface area contributed by atoms with Crippen molar-refractivity contribution in [1.82, 2.24) is 0 Å². The minimum Gasteiger partial charge on any atom is -0.326 e. The maximum Gasteiger partial charge on any atom is 0.227 e. The molecule has 1 saturated carbocycles. The van der Waals surface area contributed by atoms with E-state index in [0.717, 1.165) is 24.8 Å². The molecule has 1 amide bonds. The summed E-state index contributed by atoms with van der Waals surface area (Å²) in [5.41, 5.74) is 1.39. The van der Waals surface area contributed by atoms with Gasteiger partial charge in [0, 0.05) is 17.2 Å². The number of hydrogen-bond acceptors (Lipinski definition) is 2. The number of anilines is 1. The molecule has 0 heterocycles. The van der Waals surface area contributed by atoms with Crippen LogP contribution in [-0.2, 0) is 4.79 Å². The number of rotatable bonds is 4. The Balaban J connectivity index is 2.07. The first-order valence-electron chi connectivity index (χ1n) is 7.87. The first-order chi connectivity index (χ1) is 10.0. The first-order valence-corrected chi connectivity index (χ1v) is 7.87. The minimum atomic E-state index is 0.0968. The second-order valence-corrected chi connectivity index (χ2v) is 6.66. The van der Waals surface area contributed by atoms with Gasteiger partial charge < -0.3 is 5.32 Å². The van der Waals surface area contributed by atoms with Crippen molar-refractivity contribution >= 4 is 17.9 Å². The van der Waals surface area contributed by atoms with E-state index in [0.29, 0.717) is 23.3 Å². The molecule has 0 aliphatic heterocycles. The summed E-state index contributed by atoms with van der Waals surface area (Å²) in [4.78, 5) is 23.3. The van der Waals surface area contributed by atoms with Crippen LogP contribution in [0.3, 0.4) is 0 Å². The summed E-state index contributed by atoms with van der Waals surface area (Å²) in [6.45, 7) is 6.65. The van der Waals surface area contributed by atoms with Gasteiger partial charge in [-0.3, -0.25) is 9.59 Å². The fourth-order valence-electron chi connectivity index (χ4n) is 3.38. The van der Waals surface area contributed by atoms with Crippen molar-refractivity contribution in [3.8, 4) is 0 Å². The molecule has 1 fully saturated rings. The molecule has 0 bridgehead atoms.